The summed E-state index contributed by atoms with van der Waals surface area (Å²) in [5.74, 6) is 0.366. The fourth-order valence-corrected chi connectivity index (χ4v) is 3.84. The van der Waals surface area contributed by atoms with Crippen LogP contribution in [-0.2, 0) is 5.60 Å². The minimum absolute atomic E-state index is 0.0766. The zero-order valence-corrected chi connectivity index (χ0v) is 19.6. The predicted octanol–water partition coefficient (Wildman–Crippen LogP) is 6.60. The Labute approximate surface area is 198 Å². The second kappa shape index (κ2) is 8.78. The summed E-state index contributed by atoms with van der Waals surface area (Å²) < 4.78 is 0. The van der Waals surface area contributed by atoms with Crippen LogP contribution in [0.15, 0.2) is 54.9 Å². The van der Waals surface area contributed by atoms with Gasteiger partial charge in [0.15, 0.2) is 11.5 Å². The van der Waals surface area contributed by atoms with Crippen molar-refractivity contribution in [2.75, 3.05) is 5.32 Å². The highest BCUT2D eigenvalue weighted by molar-refractivity contribution is 6.35. The topological polar surface area (TPSA) is 75.3 Å². The molecule has 0 aliphatic rings. The average Bonchev–Trinajstić information content (AvgIpc) is 2.81. The van der Waals surface area contributed by atoms with Crippen molar-refractivity contribution in [3.05, 3.63) is 88.4 Å². The summed E-state index contributed by atoms with van der Waals surface area (Å²) >= 11 is 6.71. The SMILES string of the molecule is [C-]#[N+]c1cccc([C@@H](C)Nc2c(Cl)c(C)nc3ccc(-c4cnc(C(C)(C)O)nc4)cc23)c1. The van der Waals surface area contributed by atoms with E-state index in [1.165, 1.54) is 0 Å². The number of rotatable bonds is 5. The summed E-state index contributed by atoms with van der Waals surface area (Å²) in [6.45, 7) is 14.5. The van der Waals surface area contributed by atoms with Crippen molar-refractivity contribution in [1.29, 1.82) is 0 Å². The van der Waals surface area contributed by atoms with Crippen molar-refractivity contribution >= 4 is 33.9 Å². The first-order valence-corrected chi connectivity index (χ1v) is 10.9. The van der Waals surface area contributed by atoms with Gasteiger partial charge in [0.2, 0.25) is 0 Å². The molecule has 0 spiro atoms. The van der Waals surface area contributed by atoms with Gasteiger partial charge < -0.3 is 10.4 Å². The minimum atomic E-state index is -1.10. The largest absolute Gasteiger partial charge is 0.382 e. The Balaban J connectivity index is 1.77. The van der Waals surface area contributed by atoms with Gasteiger partial charge in [-0.2, -0.15) is 0 Å². The molecule has 2 heterocycles. The Morgan fingerprint density at radius 3 is 2.48 bits per heavy atom. The molecule has 0 unspecified atom stereocenters. The molecule has 0 aliphatic heterocycles. The van der Waals surface area contributed by atoms with Crippen LogP contribution >= 0.6 is 11.6 Å². The Morgan fingerprint density at radius 1 is 1.09 bits per heavy atom. The fraction of sp³-hybridized carbons (Fsp3) is 0.231. The Hall–Kier alpha value is -3.53. The molecule has 2 aromatic carbocycles. The third-order valence-corrected chi connectivity index (χ3v) is 5.95. The highest BCUT2D eigenvalue weighted by Crippen LogP contribution is 2.37. The first-order chi connectivity index (χ1) is 15.7. The number of aryl methyl sites for hydroxylation is 1. The standard InChI is InChI=1S/C26H24ClN5O/c1-15(17-7-6-8-20(11-17)28-5)32-24-21-12-18(9-10-22(21)31-16(2)23(24)27)19-13-29-25(30-14-19)26(3,4)33/h6-15,33H,1-4H3,(H,31,32)/t15-/m1/s1. The van der Waals surface area contributed by atoms with E-state index in [1.807, 2.05) is 50.2 Å². The molecule has 6 nitrogen and oxygen atoms in total. The van der Waals surface area contributed by atoms with Crippen molar-refractivity contribution in [2.45, 2.75) is 39.3 Å². The van der Waals surface area contributed by atoms with Crippen molar-refractivity contribution in [3.63, 3.8) is 0 Å². The second-order valence-electron chi connectivity index (χ2n) is 8.55. The van der Waals surface area contributed by atoms with Gasteiger partial charge in [0, 0.05) is 29.4 Å². The van der Waals surface area contributed by atoms with E-state index in [1.54, 1.807) is 32.3 Å². The number of hydrogen-bond donors (Lipinski definition) is 2. The minimum Gasteiger partial charge on any atom is -0.382 e. The van der Waals surface area contributed by atoms with Gasteiger partial charge in [-0.25, -0.2) is 14.8 Å². The molecule has 7 heteroatoms. The van der Waals surface area contributed by atoms with Crippen LogP contribution in [-0.4, -0.2) is 20.1 Å². The molecule has 0 radical (unpaired) electrons. The normalized spacial score (nSPS) is 12.4. The van der Waals surface area contributed by atoms with E-state index < -0.39 is 5.60 Å². The second-order valence-corrected chi connectivity index (χ2v) is 8.92. The van der Waals surface area contributed by atoms with E-state index >= 15 is 0 Å². The van der Waals surface area contributed by atoms with Crippen LogP contribution in [0.1, 0.15) is 43.9 Å². The molecule has 166 valence electrons. The van der Waals surface area contributed by atoms with Crippen LogP contribution in [0.4, 0.5) is 11.4 Å². The number of aliphatic hydroxyl groups is 1. The number of halogens is 1. The van der Waals surface area contributed by atoms with Crippen molar-refractivity contribution in [2.24, 2.45) is 0 Å². The van der Waals surface area contributed by atoms with Gasteiger partial charge in [0.05, 0.1) is 28.5 Å². The number of nitrogens with one attached hydrogen (secondary N) is 1. The number of hydrogen-bond acceptors (Lipinski definition) is 5. The third-order valence-electron chi connectivity index (χ3n) is 5.48. The van der Waals surface area contributed by atoms with Crippen molar-refractivity contribution in [3.8, 4) is 11.1 Å². The molecule has 0 bridgehead atoms. The van der Waals surface area contributed by atoms with E-state index in [4.69, 9.17) is 18.2 Å². The van der Waals surface area contributed by atoms with Crippen LogP contribution in [0.25, 0.3) is 26.9 Å². The Morgan fingerprint density at radius 2 is 1.82 bits per heavy atom. The smallest absolute Gasteiger partial charge is 0.187 e. The number of anilines is 1. The maximum Gasteiger partial charge on any atom is 0.187 e. The predicted molar refractivity (Wildman–Crippen MR) is 133 cm³/mol. The molecular formula is C26H24ClN5O. The summed E-state index contributed by atoms with van der Waals surface area (Å²) in [5, 5.41) is 15.1. The molecule has 4 rings (SSSR count). The van der Waals surface area contributed by atoms with Crippen LogP contribution in [0.2, 0.25) is 5.02 Å². The first-order valence-electron chi connectivity index (χ1n) is 10.6. The van der Waals surface area contributed by atoms with Gasteiger partial charge in [-0.3, -0.25) is 4.98 Å². The molecule has 0 fully saturated rings. The number of benzene rings is 2. The first kappa shape index (κ1) is 22.7. The van der Waals surface area contributed by atoms with Crippen LogP contribution < -0.4 is 5.32 Å². The fourth-order valence-electron chi connectivity index (χ4n) is 3.64. The van der Waals surface area contributed by atoms with Gasteiger partial charge in [0.25, 0.3) is 0 Å². The monoisotopic (exact) mass is 457 g/mol. The summed E-state index contributed by atoms with van der Waals surface area (Å²) in [4.78, 5) is 16.8. The lowest BCUT2D eigenvalue weighted by Crippen LogP contribution is -2.19. The molecule has 1 atom stereocenters. The van der Waals surface area contributed by atoms with E-state index in [0.717, 1.165) is 39.0 Å². The third kappa shape index (κ3) is 4.65. The summed E-state index contributed by atoms with van der Waals surface area (Å²) in [7, 11) is 0. The Kier molecular flexibility index (Phi) is 6.03. The lowest BCUT2D eigenvalue weighted by molar-refractivity contribution is 0.0687. The number of pyridine rings is 1. The summed E-state index contributed by atoms with van der Waals surface area (Å²) in [6, 6.07) is 13.4. The molecule has 0 aliphatic carbocycles. The van der Waals surface area contributed by atoms with E-state index in [0.29, 0.717) is 16.5 Å². The average molecular weight is 458 g/mol. The number of aromatic nitrogens is 3. The van der Waals surface area contributed by atoms with Crippen LogP contribution in [0, 0.1) is 13.5 Å². The van der Waals surface area contributed by atoms with Gasteiger partial charge in [-0.1, -0.05) is 41.9 Å². The quantitative estimate of drug-likeness (QED) is 0.330. The zero-order chi connectivity index (χ0) is 23.8. The lowest BCUT2D eigenvalue weighted by atomic mass is 10.0. The summed E-state index contributed by atoms with van der Waals surface area (Å²) in [6.07, 6.45) is 3.41. The molecular weight excluding hydrogens is 434 g/mol. The van der Waals surface area contributed by atoms with Crippen LogP contribution in [0.3, 0.4) is 0 Å². The van der Waals surface area contributed by atoms with Crippen molar-refractivity contribution < 1.29 is 5.11 Å². The number of fused-ring (bicyclic) bond motifs is 1. The maximum atomic E-state index is 10.1. The van der Waals surface area contributed by atoms with Gasteiger partial charge in [0.1, 0.15) is 5.60 Å². The molecule has 4 aromatic rings. The zero-order valence-electron chi connectivity index (χ0n) is 18.9. The van der Waals surface area contributed by atoms with E-state index in [-0.39, 0.29) is 6.04 Å². The number of nitrogens with zero attached hydrogens (tertiary/aromatic N) is 4. The van der Waals surface area contributed by atoms with Crippen LogP contribution in [0.5, 0.6) is 0 Å². The van der Waals surface area contributed by atoms with Gasteiger partial charge >= 0.3 is 0 Å². The van der Waals surface area contributed by atoms with Crippen molar-refractivity contribution in [1.82, 2.24) is 15.0 Å². The summed E-state index contributed by atoms with van der Waals surface area (Å²) in [5.41, 5.74) is 4.57. The van der Waals surface area contributed by atoms with E-state index in [9.17, 15) is 5.11 Å². The molecule has 2 N–H and O–H groups in total. The molecule has 0 saturated carbocycles. The molecule has 33 heavy (non-hydrogen) atoms. The highest BCUT2D eigenvalue weighted by atomic mass is 35.5. The van der Waals surface area contributed by atoms with Gasteiger partial charge in [-0.15, -0.1) is 0 Å². The van der Waals surface area contributed by atoms with Gasteiger partial charge in [-0.05, 0) is 51.0 Å². The molecule has 0 amide bonds. The molecule has 2 aromatic heterocycles. The van der Waals surface area contributed by atoms with E-state index in [2.05, 4.69) is 25.1 Å². The lowest BCUT2D eigenvalue weighted by Gasteiger charge is -2.20. The Bertz CT molecular complexity index is 1370. The molecule has 0 saturated heterocycles. The highest BCUT2D eigenvalue weighted by Gasteiger charge is 2.20. The maximum absolute atomic E-state index is 10.1.